The van der Waals surface area contributed by atoms with Crippen molar-refractivity contribution in [3.05, 3.63) is 59.7 Å². The molecule has 0 N–H and O–H groups in total. The van der Waals surface area contributed by atoms with E-state index in [1.165, 1.54) is 5.56 Å². The molecule has 2 aromatic rings. The molecule has 0 heterocycles. The van der Waals surface area contributed by atoms with Crippen LogP contribution in [0.25, 0.3) is 0 Å². The van der Waals surface area contributed by atoms with E-state index >= 15 is 0 Å². The summed E-state index contributed by atoms with van der Waals surface area (Å²) in [5.74, 6) is 1.12. The van der Waals surface area contributed by atoms with Crippen LogP contribution in [0.5, 0.6) is 11.5 Å². The van der Waals surface area contributed by atoms with Crippen LogP contribution in [-0.2, 0) is 21.4 Å². The van der Waals surface area contributed by atoms with E-state index < -0.39 is 6.10 Å². The highest BCUT2D eigenvalue weighted by atomic mass is 16.6. The summed E-state index contributed by atoms with van der Waals surface area (Å²) in [5.41, 5.74) is 2.28. The lowest BCUT2D eigenvalue weighted by molar-refractivity contribution is -0.151. The normalized spacial score (nSPS) is 12.3. The van der Waals surface area contributed by atoms with Crippen molar-refractivity contribution in [2.24, 2.45) is 0 Å². The van der Waals surface area contributed by atoms with Crippen LogP contribution in [0.2, 0.25) is 0 Å². The molecule has 0 aliphatic heterocycles. The second-order valence-corrected chi connectivity index (χ2v) is 7.41. The van der Waals surface area contributed by atoms with E-state index in [0.29, 0.717) is 25.4 Å². The van der Waals surface area contributed by atoms with E-state index in [-0.39, 0.29) is 11.4 Å². The number of carbonyl (C=O) groups excluding carboxylic acids is 1. The zero-order valence-corrected chi connectivity index (χ0v) is 17.0. The molecule has 146 valence electrons. The monoisotopic (exact) mass is 370 g/mol. The Bertz CT molecular complexity index is 712. The molecule has 0 radical (unpaired) electrons. The molecule has 1 atom stereocenters. The lowest BCUT2D eigenvalue weighted by Gasteiger charge is -2.21. The van der Waals surface area contributed by atoms with Crippen LogP contribution in [0, 0.1) is 0 Å². The van der Waals surface area contributed by atoms with Gasteiger partial charge in [0.05, 0.1) is 13.2 Å². The zero-order chi connectivity index (χ0) is 19.9. The first-order chi connectivity index (χ1) is 12.8. The predicted molar refractivity (Wildman–Crippen MR) is 108 cm³/mol. The van der Waals surface area contributed by atoms with E-state index in [1.807, 2.05) is 55.5 Å². The van der Waals surface area contributed by atoms with E-state index in [0.717, 1.165) is 11.3 Å². The van der Waals surface area contributed by atoms with Gasteiger partial charge in [-0.3, -0.25) is 0 Å². The molecule has 0 saturated carbocycles. The van der Waals surface area contributed by atoms with Crippen LogP contribution >= 0.6 is 0 Å². The van der Waals surface area contributed by atoms with Crippen molar-refractivity contribution >= 4 is 5.97 Å². The summed E-state index contributed by atoms with van der Waals surface area (Å²) in [6.07, 6.45) is -0.255. The van der Waals surface area contributed by atoms with Gasteiger partial charge in [0.1, 0.15) is 11.5 Å². The van der Waals surface area contributed by atoms with Gasteiger partial charge in [0.15, 0.2) is 6.10 Å². The number of hydrogen-bond donors (Lipinski definition) is 0. The Hall–Kier alpha value is -2.49. The largest absolute Gasteiger partial charge is 0.494 e. The second-order valence-electron chi connectivity index (χ2n) is 7.41. The van der Waals surface area contributed by atoms with E-state index in [2.05, 4.69) is 20.8 Å². The SMILES string of the molecule is CCOC(=O)C(Cc1ccc(OCC)cc1)Oc1ccc(C(C)(C)C)cc1. The standard InChI is InChI=1S/C23H30O4/c1-6-25-19-12-8-17(9-13-19)16-21(22(24)26-7-2)27-20-14-10-18(11-15-20)23(3,4)5/h8-15,21H,6-7,16H2,1-5H3. The molecule has 2 rings (SSSR count). The van der Waals surface area contributed by atoms with E-state index in [1.54, 1.807) is 6.92 Å². The fourth-order valence-electron chi connectivity index (χ4n) is 2.71. The summed E-state index contributed by atoms with van der Waals surface area (Å²) in [6, 6.07) is 15.6. The minimum absolute atomic E-state index is 0.0708. The highest BCUT2D eigenvalue weighted by Crippen LogP contribution is 2.25. The molecule has 27 heavy (non-hydrogen) atoms. The topological polar surface area (TPSA) is 44.8 Å². The quantitative estimate of drug-likeness (QED) is 0.618. The second kappa shape index (κ2) is 9.45. The highest BCUT2D eigenvalue weighted by Gasteiger charge is 2.23. The lowest BCUT2D eigenvalue weighted by Crippen LogP contribution is -2.31. The smallest absolute Gasteiger partial charge is 0.347 e. The van der Waals surface area contributed by atoms with Gasteiger partial charge < -0.3 is 14.2 Å². The first-order valence-electron chi connectivity index (χ1n) is 9.49. The number of carbonyl (C=O) groups is 1. The third kappa shape index (κ3) is 6.31. The summed E-state index contributed by atoms with van der Waals surface area (Å²) >= 11 is 0. The minimum atomic E-state index is -0.691. The molecule has 4 heteroatoms. The summed E-state index contributed by atoms with van der Waals surface area (Å²) in [7, 11) is 0. The van der Waals surface area contributed by atoms with Gasteiger partial charge in [0, 0.05) is 6.42 Å². The first-order valence-corrected chi connectivity index (χ1v) is 9.49. The first kappa shape index (κ1) is 20.8. The minimum Gasteiger partial charge on any atom is -0.494 e. The summed E-state index contributed by atoms with van der Waals surface area (Å²) in [6.45, 7) is 11.2. The molecule has 0 amide bonds. The zero-order valence-electron chi connectivity index (χ0n) is 17.0. The molecule has 2 aromatic carbocycles. The Morgan fingerprint density at radius 3 is 2.00 bits per heavy atom. The van der Waals surface area contributed by atoms with Crippen LogP contribution in [0.3, 0.4) is 0 Å². The fourth-order valence-corrected chi connectivity index (χ4v) is 2.71. The van der Waals surface area contributed by atoms with Gasteiger partial charge in [-0.05, 0) is 54.7 Å². The van der Waals surface area contributed by atoms with Crippen molar-refractivity contribution in [2.75, 3.05) is 13.2 Å². The molecule has 0 fully saturated rings. The van der Waals surface area contributed by atoms with Gasteiger partial charge >= 0.3 is 5.97 Å². The Morgan fingerprint density at radius 1 is 0.889 bits per heavy atom. The molecule has 0 saturated heterocycles. The summed E-state index contributed by atoms with van der Waals surface area (Å²) in [4.78, 5) is 12.4. The van der Waals surface area contributed by atoms with Gasteiger partial charge in [-0.1, -0.05) is 45.0 Å². The molecule has 0 aliphatic rings. The molecule has 0 aliphatic carbocycles. The van der Waals surface area contributed by atoms with Gasteiger partial charge in [-0.15, -0.1) is 0 Å². The average Bonchev–Trinajstić information content (AvgIpc) is 2.63. The third-order valence-corrected chi connectivity index (χ3v) is 4.20. The molecule has 0 aromatic heterocycles. The maximum absolute atomic E-state index is 12.4. The molecular weight excluding hydrogens is 340 g/mol. The van der Waals surface area contributed by atoms with Crippen LogP contribution in [0.4, 0.5) is 0 Å². The fraction of sp³-hybridized carbons (Fsp3) is 0.435. The van der Waals surface area contributed by atoms with Crippen molar-refractivity contribution < 1.29 is 19.0 Å². The van der Waals surface area contributed by atoms with Gasteiger partial charge in [-0.2, -0.15) is 0 Å². The third-order valence-electron chi connectivity index (χ3n) is 4.20. The Morgan fingerprint density at radius 2 is 1.48 bits per heavy atom. The predicted octanol–water partition coefficient (Wildman–Crippen LogP) is 4.94. The van der Waals surface area contributed by atoms with Gasteiger partial charge in [0.25, 0.3) is 0 Å². The number of rotatable bonds is 8. The molecule has 1 unspecified atom stereocenters. The molecule has 0 spiro atoms. The number of ether oxygens (including phenoxy) is 3. The van der Waals surface area contributed by atoms with Crippen LogP contribution in [0.15, 0.2) is 48.5 Å². The Labute approximate surface area is 162 Å². The van der Waals surface area contributed by atoms with Crippen LogP contribution in [0.1, 0.15) is 45.7 Å². The van der Waals surface area contributed by atoms with Crippen molar-refractivity contribution in [1.29, 1.82) is 0 Å². The Balaban J connectivity index is 2.13. The molecule has 4 nitrogen and oxygen atoms in total. The van der Waals surface area contributed by atoms with Crippen LogP contribution in [-0.4, -0.2) is 25.3 Å². The van der Waals surface area contributed by atoms with Crippen molar-refractivity contribution in [1.82, 2.24) is 0 Å². The van der Waals surface area contributed by atoms with Gasteiger partial charge in [-0.25, -0.2) is 4.79 Å². The average molecular weight is 370 g/mol. The van der Waals surface area contributed by atoms with Crippen molar-refractivity contribution in [3.63, 3.8) is 0 Å². The molecule has 0 bridgehead atoms. The van der Waals surface area contributed by atoms with E-state index in [9.17, 15) is 4.79 Å². The van der Waals surface area contributed by atoms with Crippen LogP contribution < -0.4 is 9.47 Å². The molecular formula is C23H30O4. The maximum atomic E-state index is 12.4. The number of hydrogen-bond acceptors (Lipinski definition) is 4. The van der Waals surface area contributed by atoms with Gasteiger partial charge in [0.2, 0.25) is 0 Å². The Kier molecular flexibility index (Phi) is 7.28. The summed E-state index contributed by atoms with van der Waals surface area (Å²) in [5, 5.41) is 0. The number of benzene rings is 2. The highest BCUT2D eigenvalue weighted by molar-refractivity contribution is 5.75. The van der Waals surface area contributed by atoms with Crippen molar-refractivity contribution in [3.8, 4) is 11.5 Å². The number of esters is 1. The van der Waals surface area contributed by atoms with E-state index in [4.69, 9.17) is 14.2 Å². The van der Waals surface area contributed by atoms with Crippen molar-refractivity contribution in [2.45, 2.75) is 52.6 Å². The maximum Gasteiger partial charge on any atom is 0.347 e. The summed E-state index contributed by atoms with van der Waals surface area (Å²) < 4.78 is 16.6. The lowest BCUT2D eigenvalue weighted by atomic mass is 9.87.